The second kappa shape index (κ2) is 17.5. The normalized spacial score (nSPS) is 19.7. The third kappa shape index (κ3) is 8.99. The lowest BCUT2D eigenvalue weighted by atomic mass is 9.76. The third-order valence-corrected chi connectivity index (χ3v) is 12.3. The van der Waals surface area contributed by atoms with Crippen molar-refractivity contribution in [2.24, 2.45) is 17.0 Å². The van der Waals surface area contributed by atoms with Crippen LogP contribution in [0.2, 0.25) is 5.02 Å². The number of nitrogens with one attached hydrogen (secondary N) is 1. The molecule has 2 aromatic rings. The first-order valence-corrected chi connectivity index (χ1v) is 21.1. The lowest BCUT2D eigenvalue weighted by Crippen LogP contribution is -2.46. The van der Waals surface area contributed by atoms with Gasteiger partial charge in [0, 0.05) is 52.6 Å². The number of hydrogen-bond acceptors (Lipinski definition) is 7. The van der Waals surface area contributed by atoms with Crippen molar-refractivity contribution in [1.82, 2.24) is 4.90 Å². The van der Waals surface area contributed by atoms with Crippen molar-refractivity contribution < 1.29 is 22.8 Å². The molecule has 1 unspecified atom stereocenters. The molecule has 5 rings (SSSR count). The molecule has 1 aliphatic carbocycles. The molecule has 2 heterocycles. The maximum Gasteiger partial charge on any atom is 0.271 e. The number of hydrogen-bond donors (Lipinski definition) is 2. The van der Waals surface area contributed by atoms with Crippen molar-refractivity contribution in [2.45, 2.75) is 109 Å². The summed E-state index contributed by atoms with van der Waals surface area (Å²) >= 11 is 6.51. The van der Waals surface area contributed by atoms with Gasteiger partial charge in [-0.3, -0.25) is 19.3 Å². The number of sulfonamides is 1. The Morgan fingerprint density at radius 2 is 1.74 bits per heavy atom. The van der Waals surface area contributed by atoms with Crippen molar-refractivity contribution in [3.05, 3.63) is 87.6 Å². The topological polar surface area (TPSA) is 154 Å². The van der Waals surface area contributed by atoms with E-state index in [-0.39, 0.29) is 47.1 Å². The van der Waals surface area contributed by atoms with E-state index in [1.807, 2.05) is 30.4 Å². The lowest BCUT2D eigenvalue weighted by Gasteiger charge is -2.35. The van der Waals surface area contributed by atoms with Gasteiger partial charge >= 0.3 is 0 Å². The highest BCUT2D eigenvalue weighted by Crippen LogP contribution is 2.49. The number of anilines is 2. The number of nitrogens with zero attached hydrogens (tertiary/aromatic N) is 3. The number of benzene rings is 2. The number of nitriles is 1. The number of primary sulfonamides is 1. The van der Waals surface area contributed by atoms with Crippen LogP contribution in [0.25, 0.3) is 0 Å². The van der Waals surface area contributed by atoms with Crippen molar-refractivity contribution in [1.29, 1.82) is 5.26 Å². The zero-order valence-corrected chi connectivity index (χ0v) is 33.4. The molecule has 1 saturated carbocycles. The number of amides is 3. The first-order chi connectivity index (χ1) is 25.7. The van der Waals surface area contributed by atoms with Crippen molar-refractivity contribution in [2.75, 3.05) is 23.3 Å². The van der Waals surface area contributed by atoms with Crippen LogP contribution < -0.4 is 15.4 Å². The molecule has 288 valence electrons. The molecule has 2 aromatic carbocycles. The Labute approximate surface area is 325 Å². The maximum absolute atomic E-state index is 14.5. The molecule has 54 heavy (non-hydrogen) atoms. The fourth-order valence-electron chi connectivity index (χ4n) is 8.06. The Kier molecular flexibility index (Phi) is 13.3. The molecule has 1 fully saturated rings. The summed E-state index contributed by atoms with van der Waals surface area (Å²) in [5.74, 6) is -0.951. The van der Waals surface area contributed by atoms with Gasteiger partial charge in [0.25, 0.3) is 11.8 Å². The summed E-state index contributed by atoms with van der Waals surface area (Å²) in [5, 5.41) is 19.1. The number of allylic oxidation sites excluding steroid dienone is 3. The predicted molar refractivity (Wildman–Crippen MR) is 213 cm³/mol. The van der Waals surface area contributed by atoms with Crippen molar-refractivity contribution >= 4 is 50.7 Å². The van der Waals surface area contributed by atoms with Gasteiger partial charge in [-0.05, 0) is 103 Å². The fourth-order valence-corrected chi connectivity index (χ4v) is 8.75. The van der Waals surface area contributed by atoms with E-state index in [0.717, 1.165) is 74.7 Å². The van der Waals surface area contributed by atoms with Crippen LogP contribution in [0.15, 0.2) is 81.9 Å². The van der Waals surface area contributed by atoms with E-state index in [4.69, 9.17) is 16.7 Å². The van der Waals surface area contributed by atoms with Gasteiger partial charge in [0.2, 0.25) is 15.9 Å². The van der Waals surface area contributed by atoms with Crippen LogP contribution in [0.4, 0.5) is 11.4 Å². The van der Waals surface area contributed by atoms with Crippen molar-refractivity contribution in [3.63, 3.8) is 0 Å². The number of nitrogens with two attached hydrogens (primary N) is 1. The lowest BCUT2D eigenvalue weighted by molar-refractivity contribution is -0.141. The number of fused-ring (bicyclic) bond motifs is 1. The Balaban J connectivity index is 1.49. The maximum atomic E-state index is 14.5. The van der Waals surface area contributed by atoms with Crippen LogP contribution in [0, 0.1) is 23.2 Å². The van der Waals surface area contributed by atoms with E-state index in [1.165, 1.54) is 29.2 Å². The van der Waals surface area contributed by atoms with E-state index in [0.29, 0.717) is 34.8 Å². The van der Waals surface area contributed by atoms with Crippen LogP contribution in [0.1, 0.15) is 104 Å². The molecule has 0 bridgehead atoms. The number of carbonyl (C=O) groups is 3. The second-order valence-electron chi connectivity index (χ2n) is 15.2. The minimum atomic E-state index is -3.85. The smallest absolute Gasteiger partial charge is 0.271 e. The van der Waals surface area contributed by atoms with Gasteiger partial charge < -0.3 is 10.2 Å². The summed E-state index contributed by atoms with van der Waals surface area (Å²) in [5.41, 5.74) is 3.86. The molecule has 0 spiro atoms. The van der Waals surface area contributed by atoms with Gasteiger partial charge in [0.15, 0.2) is 0 Å². The minimum absolute atomic E-state index is 0.0400. The molecular formula is C42H52ClN5O5S. The highest BCUT2D eigenvalue weighted by molar-refractivity contribution is 7.89. The predicted octanol–water partition coefficient (Wildman–Crippen LogP) is 8.30. The molecular weight excluding hydrogens is 722 g/mol. The largest absolute Gasteiger partial charge is 0.344 e. The number of rotatable bonds is 14. The Morgan fingerprint density at radius 3 is 2.37 bits per heavy atom. The van der Waals surface area contributed by atoms with Gasteiger partial charge in [-0.25, -0.2) is 13.6 Å². The Hall–Kier alpha value is -4.24. The number of imide groups is 1. The monoisotopic (exact) mass is 773 g/mol. The molecule has 2 aliphatic heterocycles. The summed E-state index contributed by atoms with van der Waals surface area (Å²) in [6.45, 7) is 9.16. The first-order valence-electron chi connectivity index (χ1n) is 19.1. The second-order valence-corrected chi connectivity index (χ2v) is 17.2. The highest BCUT2D eigenvalue weighted by Gasteiger charge is 2.42. The van der Waals surface area contributed by atoms with Crippen molar-refractivity contribution in [3.8, 4) is 6.07 Å². The molecule has 1 atom stereocenters. The van der Waals surface area contributed by atoms with Gasteiger partial charge in [-0.15, -0.1) is 0 Å². The van der Waals surface area contributed by atoms with Gasteiger partial charge in [0.05, 0.1) is 4.90 Å². The summed E-state index contributed by atoms with van der Waals surface area (Å²) in [6, 6.07) is 13.7. The Morgan fingerprint density at radius 1 is 1.04 bits per heavy atom. The molecule has 0 aromatic heterocycles. The SMILES string of the molecule is CCCCC(CC)CN1C(=O)C(C#N)=C(C2CCCCC2)/C(=C/C=C2/N(CCCC(=O)Nc3ccc(S(N)(=O)=O)cc3)c3ccc(Cl)cc3C2(C)C)C1=O. The number of carbonyl (C=O) groups excluding carboxylic acids is 3. The summed E-state index contributed by atoms with van der Waals surface area (Å²) in [7, 11) is -3.85. The zero-order chi connectivity index (χ0) is 39.2. The van der Waals surface area contributed by atoms with Gasteiger partial charge in [-0.1, -0.05) is 77.8 Å². The van der Waals surface area contributed by atoms with E-state index >= 15 is 0 Å². The average molecular weight is 774 g/mol. The zero-order valence-electron chi connectivity index (χ0n) is 31.8. The number of halogens is 1. The van der Waals surface area contributed by atoms with E-state index in [2.05, 4.69) is 44.0 Å². The summed E-state index contributed by atoms with van der Waals surface area (Å²) in [6.07, 6.45) is 12.9. The van der Waals surface area contributed by atoms with Crippen LogP contribution >= 0.6 is 11.6 Å². The minimum Gasteiger partial charge on any atom is -0.344 e. The molecule has 12 heteroatoms. The van der Waals surface area contributed by atoms with Gasteiger partial charge in [0.1, 0.15) is 11.6 Å². The standard InChI is InChI=1S/C42H52ClN5O5S/c1-5-7-12-28(6-2)27-48-40(50)33(39(34(26-44)41(48)51)29-13-9-8-10-14-29)21-23-37-42(3,4)35-25-30(43)16-22-36(35)47(37)24-11-15-38(49)46-31-17-19-32(20-18-31)54(45,52)53/h16-23,25,28-29H,5-15,24,27H2,1-4H3,(H,46,49)(H2,45,52,53)/b33-21-,37-23+. The molecule has 3 aliphatic rings. The van der Waals surface area contributed by atoms with Gasteiger partial charge in [-0.2, -0.15) is 5.26 Å². The van der Waals surface area contributed by atoms with Crippen LogP contribution in [0.5, 0.6) is 0 Å². The van der Waals surface area contributed by atoms with Crippen LogP contribution in [-0.2, 0) is 29.8 Å². The van der Waals surface area contributed by atoms with Crippen LogP contribution in [-0.4, -0.2) is 44.1 Å². The molecule has 10 nitrogen and oxygen atoms in total. The summed E-state index contributed by atoms with van der Waals surface area (Å²) < 4.78 is 23.2. The Bertz CT molecular complexity index is 2010. The van der Waals surface area contributed by atoms with E-state index in [1.54, 1.807) is 0 Å². The third-order valence-electron chi connectivity index (χ3n) is 11.1. The first kappa shape index (κ1) is 40.9. The molecule has 3 amide bonds. The average Bonchev–Trinajstić information content (AvgIpc) is 3.35. The number of unbranched alkanes of at least 4 members (excludes halogenated alkanes) is 1. The van der Waals surface area contributed by atoms with E-state index in [9.17, 15) is 28.1 Å². The molecule has 0 radical (unpaired) electrons. The fraction of sp³-hybridized carbons (Fsp3) is 0.476. The quantitative estimate of drug-likeness (QED) is 0.145. The molecule has 3 N–H and O–H groups in total. The summed E-state index contributed by atoms with van der Waals surface area (Å²) in [4.78, 5) is 44.8. The van der Waals surface area contributed by atoms with Crippen LogP contribution in [0.3, 0.4) is 0 Å². The highest BCUT2D eigenvalue weighted by atomic mass is 35.5. The molecule has 0 saturated heterocycles. The van der Waals surface area contributed by atoms with E-state index < -0.39 is 21.3 Å².